The number of aromatic nitrogens is 4. The first-order valence-corrected chi connectivity index (χ1v) is 9.58. The third kappa shape index (κ3) is 4.28. The third-order valence-electron chi connectivity index (χ3n) is 4.59. The van der Waals surface area contributed by atoms with E-state index in [2.05, 4.69) is 20.4 Å². The van der Waals surface area contributed by atoms with Crippen molar-refractivity contribution >= 4 is 22.6 Å². The number of rotatable bonds is 6. The fourth-order valence-corrected chi connectivity index (χ4v) is 3.30. The highest BCUT2D eigenvalue weighted by Gasteiger charge is 2.14. The summed E-state index contributed by atoms with van der Waals surface area (Å²) in [5.74, 6) is 0.936. The fraction of sp³-hybridized carbons (Fsp3) is 0.182. The number of amides is 1. The van der Waals surface area contributed by atoms with Gasteiger partial charge in [-0.05, 0) is 38.2 Å². The van der Waals surface area contributed by atoms with Gasteiger partial charge in [0, 0.05) is 6.07 Å². The van der Waals surface area contributed by atoms with Crippen LogP contribution in [0.2, 0.25) is 0 Å². The van der Waals surface area contributed by atoms with Crippen molar-refractivity contribution in [3.05, 3.63) is 82.5 Å². The van der Waals surface area contributed by atoms with Gasteiger partial charge in [0.05, 0.1) is 35.4 Å². The number of benzene rings is 2. The van der Waals surface area contributed by atoms with Crippen LogP contribution in [0, 0.1) is 6.92 Å². The molecular weight excluding hydrogens is 380 g/mol. The minimum atomic E-state index is -0.185. The van der Waals surface area contributed by atoms with E-state index < -0.39 is 0 Å². The van der Waals surface area contributed by atoms with Crippen LogP contribution in [0.15, 0.2) is 65.5 Å². The van der Waals surface area contributed by atoms with Crippen LogP contribution in [0.25, 0.3) is 16.6 Å². The Balaban J connectivity index is 1.44. The standard InChI is InChI=1S/C22H22N6O2/c1-15-12-20(28(26-15)16-8-4-3-5-9-16)25-21(29)14-27(2)13-19-23-18-11-7-6-10-17(18)22(30)24-19/h3-12H,13-14H2,1-2H3,(H,25,29)(H,23,24,30). The van der Waals surface area contributed by atoms with E-state index in [1.807, 2.05) is 49.4 Å². The fourth-order valence-electron chi connectivity index (χ4n) is 3.30. The molecule has 0 saturated heterocycles. The molecule has 0 radical (unpaired) electrons. The molecule has 8 heteroatoms. The minimum Gasteiger partial charge on any atom is -0.309 e. The number of para-hydroxylation sites is 2. The van der Waals surface area contributed by atoms with Crippen LogP contribution in [0.1, 0.15) is 11.5 Å². The minimum absolute atomic E-state index is 0.134. The van der Waals surface area contributed by atoms with Crippen molar-refractivity contribution in [1.82, 2.24) is 24.6 Å². The molecule has 0 aliphatic rings. The van der Waals surface area contributed by atoms with E-state index in [4.69, 9.17) is 0 Å². The number of carbonyl (C=O) groups is 1. The van der Waals surface area contributed by atoms with E-state index in [1.54, 1.807) is 34.8 Å². The van der Waals surface area contributed by atoms with Gasteiger partial charge >= 0.3 is 0 Å². The molecule has 0 aliphatic heterocycles. The van der Waals surface area contributed by atoms with Crippen molar-refractivity contribution in [2.45, 2.75) is 13.5 Å². The quantitative estimate of drug-likeness (QED) is 0.517. The lowest BCUT2D eigenvalue weighted by Gasteiger charge is -2.16. The lowest BCUT2D eigenvalue weighted by molar-refractivity contribution is -0.117. The Morgan fingerprint density at radius 3 is 2.67 bits per heavy atom. The predicted molar refractivity (Wildman–Crippen MR) is 116 cm³/mol. The first-order chi connectivity index (χ1) is 14.5. The van der Waals surface area contributed by atoms with Crippen molar-refractivity contribution < 1.29 is 4.79 Å². The summed E-state index contributed by atoms with van der Waals surface area (Å²) in [6.45, 7) is 2.35. The molecule has 2 aromatic heterocycles. The maximum absolute atomic E-state index is 12.6. The number of anilines is 1. The highest BCUT2D eigenvalue weighted by molar-refractivity contribution is 5.91. The average molecular weight is 402 g/mol. The number of aromatic amines is 1. The van der Waals surface area contributed by atoms with Gasteiger partial charge in [-0.15, -0.1) is 0 Å². The van der Waals surface area contributed by atoms with Crippen LogP contribution >= 0.6 is 0 Å². The van der Waals surface area contributed by atoms with Gasteiger partial charge in [0.15, 0.2) is 0 Å². The van der Waals surface area contributed by atoms with Gasteiger partial charge in [-0.25, -0.2) is 9.67 Å². The molecule has 4 aromatic rings. The Labute approximate surface area is 173 Å². The van der Waals surface area contributed by atoms with Gasteiger partial charge in [-0.2, -0.15) is 5.10 Å². The number of nitrogens with zero attached hydrogens (tertiary/aromatic N) is 4. The van der Waals surface area contributed by atoms with E-state index in [1.165, 1.54) is 0 Å². The second kappa shape index (κ2) is 8.30. The van der Waals surface area contributed by atoms with Crippen LogP contribution in [0.3, 0.4) is 0 Å². The summed E-state index contributed by atoms with van der Waals surface area (Å²) in [6, 6.07) is 18.6. The van der Waals surface area contributed by atoms with Gasteiger partial charge < -0.3 is 10.3 Å². The Morgan fingerprint density at radius 1 is 1.13 bits per heavy atom. The molecule has 0 saturated carbocycles. The molecule has 4 rings (SSSR count). The Kier molecular flexibility index (Phi) is 5.40. The molecule has 0 fully saturated rings. The molecule has 0 aliphatic carbocycles. The van der Waals surface area contributed by atoms with Gasteiger partial charge in [0.25, 0.3) is 5.56 Å². The molecule has 2 aromatic carbocycles. The zero-order chi connectivity index (χ0) is 21.1. The summed E-state index contributed by atoms with van der Waals surface area (Å²) >= 11 is 0. The molecule has 0 unspecified atom stereocenters. The van der Waals surface area contributed by atoms with E-state index in [-0.39, 0.29) is 18.0 Å². The van der Waals surface area contributed by atoms with E-state index in [0.29, 0.717) is 29.1 Å². The molecule has 1 amide bonds. The van der Waals surface area contributed by atoms with Crippen molar-refractivity contribution in [2.75, 3.05) is 18.9 Å². The van der Waals surface area contributed by atoms with Crippen LogP contribution < -0.4 is 10.9 Å². The maximum atomic E-state index is 12.6. The Hall–Kier alpha value is -3.78. The van der Waals surface area contributed by atoms with E-state index in [0.717, 1.165) is 11.4 Å². The van der Waals surface area contributed by atoms with Crippen LogP contribution in [-0.4, -0.2) is 44.1 Å². The lowest BCUT2D eigenvalue weighted by atomic mass is 10.2. The Bertz CT molecular complexity index is 1250. The van der Waals surface area contributed by atoms with Crippen LogP contribution in [-0.2, 0) is 11.3 Å². The number of fused-ring (bicyclic) bond motifs is 1. The van der Waals surface area contributed by atoms with Gasteiger partial charge in [-0.3, -0.25) is 14.5 Å². The highest BCUT2D eigenvalue weighted by Crippen LogP contribution is 2.17. The van der Waals surface area contributed by atoms with Crippen molar-refractivity contribution in [3.8, 4) is 5.69 Å². The SMILES string of the molecule is Cc1cc(NC(=O)CN(C)Cc2nc3ccccc3c(=O)[nH]2)n(-c2ccccc2)n1. The maximum Gasteiger partial charge on any atom is 0.258 e. The summed E-state index contributed by atoms with van der Waals surface area (Å²) in [7, 11) is 1.80. The van der Waals surface area contributed by atoms with Crippen LogP contribution in [0.5, 0.6) is 0 Å². The zero-order valence-electron chi connectivity index (χ0n) is 16.8. The van der Waals surface area contributed by atoms with Crippen molar-refractivity contribution in [2.24, 2.45) is 0 Å². The second-order valence-electron chi connectivity index (χ2n) is 7.17. The molecule has 0 spiro atoms. The molecule has 2 heterocycles. The summed E-state index contributed by atoms with van der Waals surface area (Å²) in [5.41, 5.74) is 2.12. The average Bonchev–Trinajstić information content (AvgIpc) is 3.08. The molecule has 30 heavy (non-hydrogen) atoms. The summed E-state index contributed by atoms with van der Waals surface area (Å²) in [6.07, 6.45) is 0. The smallest absolute Gasteiger partial charge is 0.258 e. The zero-order valence-corrected chi connectivity index (χ0v) is 16.8. The van der Waals surface area contributed by atoms with Gasteiger partial charge in [-0.1, -0.05) is 30.3 Å². The number of hydrogen-bond donors (Lipinski definition) is 2. The number of aryl methyl sites for hydroxylation is 1. The van der Waals surface area contributed by atoms with Crippen LogP contribution in [0.4, 0.5) is 5.82 Å². The monoisotopic (exact) mass is 402 g/mol. The normalized spacial score (nSPS) is 11.2. The van der Waals surface area contributed by atoms with Gasteiger partial charge in [0.2, 0.25) is 5.91 Å². The highest BCUT2D eigenvalue weighted by atomic mass is 16.2. The largest absolute Gasteiger partial charge is 0.309 e. The molecule has 8 nitrogen and oxygen atoms in total. The first kappa shape index (κ1) is 19.5. The predicted octanol–water partition coefficient (Wildman–Crippen LogP) is 2.49. The number of carbonyl (C=O) groups excluding carboxylic acids is 1. The van der Waals surface area contributed by atoms with Gasteiger partial charge in [0.1, 0.15) is 11.6 Å². The number of nitrogens with one attached hydrogen (secondary N) is 2. The number of H-pyrrole nitrogens is 1. The molecular formula is C22H22N6O2. The van der Waals surface area contributed by atoms with E-state index >= 15 is 0 Å². The van der Waals surface area contributed by atoms with Crippen molar-refractivity contribution in [3.63, 3.8) is 0 Å². The lowest BCUT2D eigenvalue weighted by Crippen LogP contribution is -2.31. The Morgan fingerprint density at radius 2 is 1.87 bits per heavy atom. The molecule has 0 bridgehead atoms. The number of hydrogen-bond acceptors (Lipinski definition) is 5. The topological polar surface area (TPSA) is 95.9 Å². The molecule has 0 atom stereocenters. The molecule has 2 N–H and O–H groups in total. The van der Waals surface area contributed by atoms with E-state index in [9.17, 15) is 9.59 Å². The molecule has 152 valence electrons. The first-order valence-electron chi connectivity index (χ1n) is 9.58. The second-order valence-corrected chi connectivity index (χ2v) is 7.17. The van der Waals surface area contributed by atoms with Crippen molar-refractivity contribution in [1.29, 1.82) is 0 Å². The summed E-state index contributed by atoms with van der Waals surface area (Å²) < 4.78 is 1.70. The number of likely N-dealkylation sites (N-methyl/N-ethyl adjacent to an activating group) is 1. The summed E-state index contributed by atoms with van der Waals surface area (Å²) in [4.78, 5) is 33.9. The summed E-state index contributed by atoms with van der Waals surface area (Å²) in [5, 5.41) is 7.92. The third-order valence-corrected chi connectivity index (χ3v) is 4.59.